The molecule has 0 bridgehead atoms. The van der Waals surface area contributed by atoms with E-state index in [1.54, 1.807) is 0 Å². The fourth-order valence-electron chi connectivity index (χ4n) is 2.67. The van der Waals surface area contributed by atoms with Gasteiger partial charge in [0.05, 0.1) is 6.04 Å². The number of nitrogens with one attached hydrogen (secondary N) is 1. The Bertz CT molecular complexity index is 628. The molecule has 2 aromatic rings. The van der Waals surface area contributed by atoms with Crippen LogP contribution in [0.4, 0.5) is 5.69 Å². The number of carbonyl (C=O) groups is 1. The number of aliphatic hydroxyl groups is 1. The molecule has 2 N–H and O–H groups in total. The first-order valence-electron chi connectivity index (χ1n) is 7.29. The van der Waals surface area contributed by atoms with Crippen molar-refractivity contribution in [2.24, 2.45) is 0 Å². The number of hydrogen-bond acceptors (Lipinski definition) is 3. The first-order valence-corrected chi connectivity index (χ1v) is 7.29. The molecule has 0 heterocycles. The van der Waals surface area contributed by atoms with Gasteiger partial charge < -0.3 is 15.3 Å². The van der Waals surface area contributed by atoms with E-state index in [9.17, 15) is 9.90 Å². The number of para-hydroxylation sites is 1. The number of rotatable bonds is 5. The van der Waals surface area contributed by atoms with Crippen LogP contribution >= 0.6 is 0 Å². The van der Waals surface area contributed by atoms with Crippen LogP contribution in [0.15, 0.2) is 54.6 Å². The van der Waals surface area contributed by atoms with Crippen LogP contribution < -0.4 is 10.2 Å². The van der Waals surface area contributed by atoms with Crippen molar-refractivity contribution in [2.45, 2.75) is 19.1 Å². The van der Waals surface area contributed by atoms with Crippen LogP contribution in [0.2, 0.25) is 0 Å². The predicted molar refractivity (Wildman–Crippen MR) is 88.8 cm³/mol. The Balaban J connectivity index is 2.44. The minimum Gasteiger partial charge on any atom is -0.381 e. The lowest BCUT2D eigenvalue weighted by molar-refractivity contribution is -0.129. The highest BCUT2D eigenvalue weighted by atomic mass is 16.3. The maximum atomic E-state index is 12.0. The molecule has 0 saturated carbocycles. The van der Waals surface area contributed by atoms with E-state index in [4.69, 9.17) is 0 Å². The van der Waals surface area contributed by atoms with Crippen LogP contribution in [0.25, 0.3) is 0 Å². The van der Waals surface area contributed by atoms with Gasteiger partial charge in [0.25, 0.3) is 5.91 Å². The number of aryl methyl sites for hydroxylation is 1. The normalized spacial score (nSPS) is 13.3. The summed E-state index contributed by atoms with van der Waals surface area (Å²) in [6, 6.07) is 17.0. The van der Waals surface area contributed by atoms with Crippen LogP contribution in [0.1, 0.15) is 17.2 Å². The summed E-state index contributed by atoms with van der Waals surface area (Å²) in [6.07, 6.45) is -1.16. The van der Waals surface area contributed by atoms with E-state index in [0.29, 0.717) is 0 Å². The zero-order chi connectivity index (χ0) is 16.1. The molecule has 2 atom stereocenters. The second-order valence-corrected chi connectivity index (χ2v) is 5.31. The summed E-state index contributed by atoms with van der Waals surface area (Å²) in [4.78, 5) is 13.9. The quantitative estimate of drug-likeness (QED) is 0.890. The molecule has 4 nitrogen and oxygen atoms in total. The van der Waals surface area contributed by atoms with E-state index in [1.165, 1.54) is 7.05 Å². The SMILES string of the molecule is CNC(=O)C(O)C(c1ccccc1)N(C)c1ccccc1C. The van der Waals surface area contributed by atoms with Gasteiger partial charge >= 0.3 is 0 Å². The standard InChI is InChI=1S/C18H22N2O2/c1-13-9-7-8-12-15(13)20(3)16(17(21)18(22)19-2)14-10-5-4-6-11-14/h4-12,16-17,21H,1-3H3,(H,19,22). The van der Waals surface area contributed by atoms with Crippen molar-refractivity contribution in [2.75, 3.05) is 19.0 Å². The third kappa shape index (κ3) is 3.28. The van der Waals surface area contributed by atoms with E-state index < -0.39 is 18.1 Å². The Morgan fingerprint density at radius 1 is 1.09 bits per heavy atom. The maximum absolute atomic E-state index is 12.0. The van der Waals surface area contributed by atoms with Gasteiger partial charge in [-0.3, -0.25) is 4.79 Å². The van der Waals surface area contributed by atoms with E-state index in [2.05, 4.69) is 5.32 Å². The summed E-state index contributed by atoms with van der Waals surface area (Å²) in [5.74, 6) is -0.394. The van der Waals surface area contributed by atoms with Gasteiger partial charge in [0, 0.05) is 19.8 Å². The Morgan fingerprint density at radius 3 is 2.27 bits per heavy atom. The molecule has 0 aromatic heterocycles. The number of hydrogen-bond donors (Lipinski definition) is 2. The van der Waals surface area contributed by atoms with Gasteiger partial charge in [-0.15, -0.1) is 0 Å². The lowest BCUT2D eigenvalue weighted by Crippen LogP contribution is -2.43. The second-order valence-electron chi connectivity index (χ2n) is 5.31. The number of likely N-dealkylation sites (N-methyl/N-ethyl adjacent to an activating group) is 2. The zero-order valence-electron chi connectivity index (χ0n) is 13.2. The topological polar surface area (TPSA) is 52.6 Å². The maximum Gasteiger partial charge on any atom is 0.251 e. The molecule has 1 amide bonds. The summed E-state index contributed by atoms with van der Waals surface area (Å²) < 4.78 is 0. The van der Waals surface area contributed by atoms with Crippen LogP contribution in [-0.2, 0) is 4.79 Å². The molecule has 2 aromatic carbocycles. The monoisotopic (exact) mass is 298 g/mol. The number of benzene rings is 2. The Kier molecular flexibility index (Phi) is 5.17. The van der Waals surface area contributed by atoms with Crippen LogP contribution in [-0.4, -0.2) is 31.2 Å². The summed E-state index contributed by atoms with van der Waals surface area (Å²) in [5.41, 5.74) is 2.97. The molecule has 22 heavy (non-hydrogen) atoms. The molecule has 0 spiro atoms. The van der Waals surface area contributed by atoms with Crippen molar-refractivity contribution in [3.05, 3.63) is 65.7 Å². The van der Waals surface area contributed by atoms with Gasteiger partial charge in [-0.2, -0.15) is 0 Å². The fourth-order valence-corrected chi connectivity index (χ4v) is 2.67. The predicted octanol–water partition coefficient (Wildman–Crippen LogP) is 2.28. The molecule has 2 rings (SSSR count). The largest absolute Gasteiger partial charge is 0.381 e. The van der Waals surface area contributed by atoms with E-state index >= 15 is 0 Å². The average Bonchev–Trinajstić information content (AvgIpc) is 2.55. The van der Waals surface area contributed by atoms with Crippen molar-refractivity contribution in [3.8, 4) is 0 Å². The summed E-state index contributed by atoms with van der Waals surface area (Å²) in [5, 5.41) is 13.0. The van der Waals surface area contributed by atoms with Crippen molar-refractivity contribution in [3.63, 3.8) is 0 Å². The van der Waals surface area contributed by atoms with Crippen molar-refractivity contribution >= 4 is 11.6 Å². The minimum absolute atomic E-state index is 0.394. The first-order chi connectivity index (χ1) is 10.6. The van der Waals surface area contributed by atoms with Gasteiger partial charge in [0.15, 0.2) is 6.10 Å². The van der Waals surface area contributed by atoms with Gasteiger partial charge in [-0.1, -0.05) is 48.5 Å². The first kappa shape index (κ1) is 16.0. The number of amides is 1. The summed E-state index contributed by atoms with van der Waals surface area (Å²) in [7, 11) is 3.42. The zero-order valence-corrected chi connectivity index (χ0v) is 13.2. The van der Waals surface area contributed by atoms with Crippen molar-refractivity contribution in [1.29, 1.82) is 0 Å². The van der Waals surface area contributed by atoms with Crippen LogP contribution in [0.5, 0.6) is 0 Å². The van der Waals surface area contributed by atoms with Crippen molar-refractivity contribution < 1.29 is 9.90 Å². The Morgan fingerprint density at radius 2 is 1.68 bits per heavy atom. The molecule has 0 aliphatic heterocycles. The lowest BCUT2D eigenvalue weighted by atomic mass is 9.98. The molecule has 0 aliphatic rings. The lowest BCUT2D eigenvalue weighted by Gasteiger charge is -2.34. The Labute approximate surface area is 131 Å². The van der Waals surface area contributed by atoms with E-state index in [1.807, 2.05) is 73.5 Å². The van der Waals surface area contributed by atoms with Crippen LogP contribution in [0, 0.1) is 6.92 Å². The highest BCUT2D eigenvalue weighted by Crippen LogP contribution is 2.30. The molecule has 4 heteroatoms. The second kappa shape index (κ2) is 7.09. The average molecular weight is 298 g/mol. The highest BCUT2D eigenvalue weighted by Gasteiger charge is 2.31. The fraction of sp³-hybridized carbons (Fsp3) is 0.278. The number of anilines is 1. The van der Waals surface area contributed by atoms with Gasteiger partial charge in [0.2, 0.25) is 0 Å². The Hall–Kier alpha value is -2.33. The van der Waals surface area contributed by atoms with Gasteiger partial charge in [-0.25, -0.2) is 0 Å². The molecule has 116 valence electrons. The minimum atomic E-state index is -1.16. The molecule has 0 saturated heterocycles. The van der Waals surface area contributed by atoms with Gasteiger partial charge in [-0.05, 0) is 24.1 Å². The molecule has 0 aliphatic carbocycles. The molecule has 2 unspecified atom stereocenters. The van der Waals surface area contributed by atoms with E-state index in [0.717, 1.165) is 16.8 Å². The van der Waals surface area contributed by atoms with Crippen LogP contribution in [0.3, 0.4) is 0 Å². The molecule has 0 fully saturated rings. The summed E-state index contributed by atoms with van der Waals surface area (Å²) in [6.45, 7) is 2.01. The number of aliphatic hydroxyl groups excluding tert-OH is 1. The van der Waals surface area contributed by atoms with Gasteiger partial charge in [0.1, 0.15) is 0 Å². The number of carbonyl (C=O) groups excluding carboxylic acids is 1. The molecular weight excluding hydrogens is 276 g/mol. The third-order valence-electron chi connectivity index (χ3n) is 3.87. The number of nitrogens with zero attached hydrogens (tertiary/aromatic N) is 1. The molecular formula is C18H22N2O2. The molecule has 0 radical (unpaired) electrons. The third-order valence-corrected chi connectivity index (χ3v) is 3.87. The smallest absolute Gasteiger partial charge is 0.251 e. The highest BCUT2D eigenvalue weighted by molar-refractivity contribution is 5.82. The van der Waals surface area contributed by atoms with Crippen molar-refractivity contribution in [1.82, 2.24) is 5.32 Å². The van der Waals surface area contributed by atoms with E-state index in [-0.39, 0.29) is 0 Å². The summed E-state index contributed by atoms with van der Waals surface area (Å²) >= 11 is 0.